The molecule has 0 radical (unpaired) electrons. The summed E-state index contributed by atoms with van der Waals surface area (Å²) in [5, 5.41) is 6.62. The molecule has 1 atom stereocenters. The second-order valence-corrected chi connectivity index (χ2v) is 8.11. The van der Waals surface area contributed by atoms with Crippen molar-refractivity contribution < 1.29 is 9.59 Å². The lowest BCUT2D eigenvalue weighted by atomic mass is 9.95. The van der Waals surface area contributed by atoms with Crippen LogP contribution >= 0.6 is 0 Å². The zero-order chi connectivity index (χ0) is 21.8. The highest BCUT2D eigenvalue weighted by atomic mass is 16.2. The molecule has 0 aliphatic carbocycles. The number of benzene rings is 2. The number of hydrogen-bond acceptors (Lipinski definition) is 3. The largest absolute Gasteiger partial charge is 0.341 e. The van der Waals surface area contributed by atoms with Gasteiger partial charge in [-0.25, -0.2) is 0 Å². The molecule has 1 aliphatic rings. The SMILES string of the molecule is CCN1CCN(C(=O)c2ccn[nH]2)C[C@H](Cc2ccc(-c3cccc(C)c3)cc2)C1=O. The number of carbonyl (C=O) groups is 2. The molecule has 1 fully saturated rings. The maximum atomic E-state index is 13.1. The Balaban J connectivity index is 1.53. The predicted molar refractivity (Wildman–Crippen MR) is 121 cm³/mol. The van der Waals surface area contributed by atoms with Crippen LogP contribution in [0.15, 0.2) is 60.8 Å². The molecule has 2 heterocycles. The first-order valence-corrected chi connectivity index (χ1v) is 10.8. The van der Waals surface area contributed by atoms with Crippen molar-refractivity contribution in [3.05, 3.63) is 77.6 Å². The van der Waals surface area contributed by atoms with E-state index in [0.717, 1.165) is 11.1 Å². The highest BCUT2D eigenvalue weighted by Crippen LogP contribution is 2.23. The van der Waals surface area contributed by atoms with Gasteiger partial charge in [0.1, 0.15) is 5.69 Å². The van der Waals surface area contributed by atoms with Crippen molar-refractivity contribution in [2.75, 3.05) is 26.2 Å². The van der Waals surface area contributed by atoms with E-state index < -0.39 is 0 Å². The molecule has 0 bridgehead atoms. The van der Waals surface area contributed by atoms with Crippen LogP contribution in [0, 0.1) is 12.8 Å². The summed E-state index contributed by atoms with van der Waals surface area (Å²) in [5.41, 5.74) is 5.13. The summed E-state index contributed by atoms with van der Waals surface area (Å²) in [7, 11) is 0. The molecular weight excluding hydrogens is 388 g/mol. The first-order chi connectivity index (χ1) is 15.0. The quantitative estimate of drug-likeness (QED) is 0.692. The smallest absolute Gasteiger partial charge is 0.271 e. The van der Waals surface area contributed by atoms with E-state index in [-0.39, 0.29) is 17.7 Å². The van der Waals surface area contributed by atoms with Crippen LogP contribution in [0.3, 0.4) is 0 Å². The first kappa shape index (κ1) is 20.8. The lowest BCUT2D eigenvalue weighted by molar-refractivity contribution is -0.134. The number of aromatic nitrogens is 2. The lowest BCUT2D eigenvalue weighted by Crippen LogP contribution is -2.38. The summed E-state index contributed by atoms with van der Waals surface area (Å²) in [6.07, 6.45) is 2.18. The summed E-state index contributed by atoms with van der Waals surface area (Å²) in [4.78, 5) is 29.6. The van der Waals surface area contributed by atoms with E-state index in [1.54, 1.807) is 17.2 Å². The average molecular weight is 417 g/mol. The Morgan fingerprint density at radius 3 is 2.58 bits per heavy atom. The predicted octanol–water partition coefficient (Wildman–Crippen LogP) is 3.55. The van der Waals surface area contributed by atoms with E-state index in [4.69, 9.17) is 0 Å². The highest BCUT2D eigenvalue weighted by Gasteiger charge is 2.32. The number of likely N-dealkylation sites (N-methyl/N-ethyl adjacent to an activating group) is 1. The Morgan fingerprint density at radius 1 is 1.10 bits per heavy atom. The zero-order valence-electron chi connectivity index (χ0n) is 18.0. The van der Waals surface area contributed by atoms with Gasteiger partial charge >= 0.3 is 0 Å². The number of carbonyl (C=O) groups excluding carboxylic acids is 2. The number of H-pyrrole nitrogens is 1. The molecule has 1 saturated heterocycles. The molecule has 6 nitrogen and oxygen atoms in total. The third kappa shape index (κ3) is 4.68. The molecule has 160 valence electrons. The van der Waals surface area contributed by atoms with Crippen LogP contribution in [0.5, 0.6) is 0 Å². The van der Waals surface area contributed by atoms with E-state index >= 15 is 0 Å². The third-order valence-electron chi connectivity index (χ3n) is 5.93. The molecule has 1 aliphatic heterocycles. The Hall–Kier alpha value is -3.41. The van der Waals surface area contributed by atoms with Crippen molar-refractivity contribution >= 4 is 11.8 Å². The van der Waals surface area contributed by atoms with Crippen molar-refractivity contribution in [3.63, 3.8) is 0 Å². The molecule has 0 saturated carbocycles. The summed E-state index contributed by atoms with van der Waals surface area (Å²) >= 11 is 0. The van der Waals surface area contributed by atoms with Crippen molar-refractivity contribution in [3.8, 4) is 11.1 Å². The molecule has 6 heteroatoms. The minimum atomic E-state index is -0.265. The van der Waals surface area contributed by atoms with Crippen LogP contribution in [-0.2, 0) is 11.2 Å². The van der Waals surface area contributed by atoms with Gasteiger partial charge in [0.15, 0.2) is 0 Å². The number of aryl methyl sites for hydroxylation is 1. The molecule has 2 aromatic carbocycles. The summed E-state index contributed by atoms with van der Waals surface area (Å²) < 4.78 is 0. The molecular formula is C25H28N4O2. The van der Waals surface area contributed by atoms with Gasteiger partial charge in [0.2, 0.25) is 5.91 Å². The van der Waals surface area contributed by atoms with Gasteiger partial charge in [-0.3, -0.25) is 14.7 Å². The summed E-state index contributed by atoms with van der Waals surface area (Å²) in [5.74, 6) is -0.257. The number of amides is 2. The van der Waals surface area contributed by atoms with Gasteiger partial charge in [0.25, 0.3) is 5.91 Å². The minimum Gasteiger partial charge on any atom is -0.341 e. The third-order valence-corrected chi connectivity index (χ3v) is 5.93. The second-order valence-electron chi connectivity index (χ2n) is 8.11. The van der Waals surface area contributed by atoms with E-state index in [1.165, 1.54) is 11.1 Å². The van der Waals surface area contributed by atoms with Crippen molar-refractivity contribution in [1.29, 1.82) is 0 Å². The molecule has 2 amide bonds. The number of aromatic amines is 1. The normalized spacial score (nSPS) is 17.0. The monoisotopic (exact) mass is 416 g/mol. The van der Waals surface area contributed by atoms with Crippen LogP contribution in [0.25, 0.3) is 11.1 Å². The number of nitrogens with one attached hydrogen (secondary N) is 1. The molecule has 0 spiro atoms. The van der Waals surface area contributed by atoms with Crippen molar-refractivity contribution in [2.24, 2.45) is 5.92 Å². The van der Waals surface area contributed by atoms with E-state index in [2.05, 4.69) is 65.7 Å². The molecule has 1 N–H and O–H groups in total. The van der Waals surface area contributed by atoms with Gasteiger partial charge in [-0.15, -0.1) is 0 Å². The maximum absolute atomic E-state index is 13.1. The first-order valence-electron chi connectivity index (χ1n) is 10.8. The number of hydrogen-bond donors (Lipinski definition) is 1. The van der Waals surface area contributed by atoms with Gasteiger partial charge in [-0.2, -0.15) is 5.10 Å². The topological polar surface area (TPSA) is 69.3 Å². The maximum Gasteiger partial charge on any atom is 0.271 e. The fraction of sp³-hybridized carbons (Fsp3) is 0.320. The highest BCUT2D eigenvalue weighted by molar-refractivity contribution is 5.93. The molecule has 0 unspecified atom stereocenters. The average Bonchev–Trinajstić information content (AvgIpc) is 3.27. The van der Waals surface area contributed by atoms with Crippen LogP contribution in [0.4, 0.5) is 0 Å². The minimum absolute atomic E-state index is 0.108. The van der Waals surface area contributed by atoms with Gasteiger partial charge in [-0.05, 0) is 43.0 Å². The Labute approximate surface area is 182 Å². The van der Waals surface area contributed by atoms with Crippen LogP contribution in [0.2, 0.25) is 0 Å². The van der Waals surface area contributed by atoms with Crippen molar-refractivity contribution in [2.45, 2.75) is 20.3 Å². The van der Waals surface area contributed by atoms with Gasteiger partial charge in [-0.1, -0.05) is 54.1 Å². The van der Waals surface area contributed by atoms with Crippen LogP contribution < -0.4 is 0 Å². The van der Waals surface area contributed by atoms with Crippen LogP contribution in [-0.4, -0.2) is 58.0 Å². The fourth-order valence-corrected chi connectivity index (χ4v) is 4.18. The number of nitrogens with zero attached hydrogens (tertiary/aromatic N) is 3. The summed E-state index contributed by atoms with van der Waals surface area (Å²) in [6.45, 7) is 6.21. The van der Waals surface area contributed by atoms with Crippen LogP contribution in [0.1, 0.15) is 28.5 Å². The van der Waals surface area contributed by atoms with Gasteiger partial charge in [0.05, 0.1) is 5.92 Å². The van der Waals surface area contributed by atoms with E-state index in [0.29, 0.717) is 38.3 Å². The molecule has 31 heavy (non-hydrogen) atoms. The Morgan fingerprint density at radius 2 is 1.90 bits per heavy atom. The van der Waals surface area contributed by atoms with E-state index in [9.17, 15) is 9.59 Å². The van der Waals surface area contributed by atoms with E-state index in [1.807, 2.05) is 11.8 Å². The molecule has 1 aromatic heterocycles. The zero-order valence-corrected chi connectivity index (χ0v) is 18.0. The Kier molecular flexibility index (Phi) is 6.16. The van der Waals surface area contributed by atoms with Crippen molar-refractivity contribution in [1.82, 2.24) is 20.0 Å². The lowest BCUT2D eigenvalue weighted by Gasteiger charge is -2.23. The summed E-state index contributed by atoms with van der Waals surface area (Å²) in [6, 6.07) is 18.5. The van der Waals surface area contributed by atoms with Gasteiger partial charge in [0, 0.05) is 32.4 Å². The molecule has 3 aromatic rings. The van der Waals surface area contributed by atoms with Gasteiger partial charge < -0.3 is 9.80 Å². The Bertz CT molecular complexity index is 1040. The molecule has 4 rings (SSSR count). The standard InChI is InChI=1S/C25H28N4O2/c1-3-28-13-14-29(25(31)23-11-12-26-27-23)17-22(24(28)30)16-19-7-9-20(10-8-19)21-6-4-5-18(2)15-21/h4-12,15,22H,3,13-14,16-17H2,1-2H3,(H,26,27)/t22-/m0/s1. The number of rotatable bonds is 5. The fourth-order valence-electron chi connectivity index (χ4n) is 4.18. The second kappa shape index (κ2) is 9.16.